The van der Waals surface area contributed by atoms with Gasteiger partial charge < -0.3 is 45.6 Å². The third-order valence-corrected chi connectivity index (χ3v) is 8.86. The first-order valence-electron chi connectivity index (χ1n) is 13.6. The summed E-state index contributed by atoms with van der Waals surface area (Å²) in [6, 6.07) is 3.62. The number of ether oxygens (including phenoxy) is 1. The number of aliphatic hydroxyl groups excluding tert-OH is 4. The van der Waals surface area contributed by atoms with E-state index in [2.05, 4.69) is 11.8 Å². The van der Waals surface area contributed by atoms with E-state index in [0.717, 1.165) is 13.2 Å². The number of Topliss-reactive ketones (excluding diaryl/α,β-unsaturated/α-hetero) is 2. The van der Waals surface area contributed by atoms with Crippen molar-refractivity contribution in [2.75, 3.05) is 7.11 Å². The fraction of sp³-hybridized carbons (Fsp3) is 0.290. The minimum atomic E-state index is -2.29. The molecule has 3 aromatic carbocycles. The van der Waals surface area contributed by atoms with Gasteiger partial charge in [0, 0.05) is 11.1 Å². The summed E-state index contributed by atoms with van der Waals surface area (Å²) in [6.45, 7) is 4.42. The first-order valence-corrected chi connectivity index (χ1v) is 13.6. The van der Waals surface area contributed by atoms with Gasteiger partial charge in [0.25, 0.3) is 6.79 Å². The number of aliphatic hydroxyl groups is 4. The van der Waals surface area contributed by atoms with Gasteiger partial charge in [-0.05, 0) is 47.7 Å². The molecule has 6 N–H and O–H groups in total. The molecule has 4 aromatic rings. The van der Waals surface area contributed by atoms with E-state index in [-0.39, 0.29) is 201 Å². The van der Waals surface area contributed by atoms with Gasteiger partial charge in [-0.25, -0.2) is 4.42 Å². The molecule has 17 heteroatoms. The van der Waals surface area contributed by atoms with Crippen LogP contribution in [0, 0.1) is 0 Å². The van der Waals surface area contributed by atoms with Crippen LogP contribution < -0.4 is 185 Å². The van der Waals surface area contributed by atoms with Crippen molar-refractivity contribution in [1.29, 1.82) is 0 Å². The average Bonchev–Trinajstić information content (AvgIpc) is 3.50. The van der Waals surface area contributed by atoms with Gasteiger partial charge in [0.05, 0.1) is 35.7 Å². The van der Waals surface area contributed by atoms with Crippen molar-refractivity contribution in [3.63, 3.8) is 0 Å². The van der Waals surface area contributed by atoms with E-state index < -0.39 is 97.2 Å². The molecule has 6 rings (SSSR count). The first kappa shape index (κ1) is 42.3. The summed E-state index contributed by atoms with van der Waals surface area (Å²) >= 11 is 0. The van der Waals surface area contributed by atoms with Crippen molar-refractivity contribution >= 4 is 39.9 Å². The number of aryl methyl sites for hydroxylation is 1. The Kier molecular flexibility index (Phi) is 13.6. The van der Waals surface area contributed by atoms with Crippen molar-refractivity contribution < 1.29 is 219 Å². The van der Waals surface area contributed by atoms with Crippen molar-refractivity contribution in [3.8, 4) is 34.5 Å². The van der Waals surface area contributed by atoms with Crippen LogP contribution in [0.1, 0.15) is 57.0 Å². The Labute approximate surface area is 399 Å². The second-order valence-electron chi connectivity index (χ2n) is 11.2. The van der Waals surface area contributed by atoms with Gasteiger partial charge in [-0.15, -0.1) is 0 Å². The SMILES string of the molecule is C=[O+]c1cc(OC)c([O-])c2c([O-])c3c(c([O-])c12)C(=O)C1(CCc2cc4cc(C(O)C(O)C(O)C(C)O)[nH]c(=[OH+])c4c([O-])c21)C3=O.[K+].[K+].[K+]. The molecule has 48 heavy (non-hydrogen) atoms. The van der Waals surface area contributed by atoms with Gasteiger partial charge >= 0.3 is 165 Å². The molecule has 2 aliphatic carbocycles. The topological polar surface area (TPSA) is 265 Å². The molecule has 5 atom stereocenters. The Balaban J connectivity index is 0.00000208. The summed E-state index contributed by atoms with van der Waals surface area (Å²) < 4.78 is 9.95. The predicted molar refractivity (Wildman–Crippen MR) is 146 cm³/mol. The molecule has 0 bridgehead atoms. The maximum Gasteiger partial charge on any atom is 1.00 e. The van der Waals surface area contributed by atoms with Crippen LogP contribution in [0.3, 0.4) is 0 Å². The summed E-state index contributed by atoms with van der Waals surface area (Å²) in [5.74, 6) is -7.24. The fourth-order valence-corrected chi connectivity index (χ4v) is 6.64. The summed E-state index contributed by atoms with van der Waals surface area (Å²) in [5.41, 5.74) is -5.11. The number of carbonyl (C=O) groups is 2. The van der Waals surface area contributed by atoms with E-state index in [1.807, 2.05) is 0 Å². The average molecular weight is 737 g/mol. The Hall–Kier alpha value is -0.111. The van der Waals surface area contributed by atoms with Crippen molar-refractivity contribution in [2.45, 2.75) is 49.6 Å². The minimum Gasteiger partial charge on any atom is -0.872 e. The van der Waals surface area contributed by atoms with Crippen LogP contribution in [0.5, 0.6) is 34.5 Å². The van der Waals surface area contributed by atoms with Crippen molar-refractivity contribution in [1.82, 2.24) is 4.98 Å². The molecule has 0 saturated carbocycles. The van der Waals surface area contributed by atoms with Gasteiger partial charge in [-0.3, -0.25) is 19.4 Å². The quantitative estimate of drug-likeness (QED) is 0.0705. The second kappa shape index (κ2) is 15.5. The van der Waals surface area contributed by atoms with Crippen LogP contribution in [0.2, 0.25) is 0 Å². The number of methoxy groups -OCH3 is 1. The number of aromatic nitrogens is 1. The number of benzene rings is 3. The zero-order valence-electron chi connectivity index (χ0n) is 26.7. The van der Waals surface area contributed by atoms with Gasteiger partial charge in [0.15, 0.2) is 11.6 Å². The molecule has 234 valence electrons. The Morgan fingerprint density at radius 2 is 1.48 bits per heavy atom. The Morgan fingerprint density at radius 3 is 2.02 bits per heavy atom. The zero-order valence-corrected chi connectivity index (χ0v) is 36.0. The molecule has 1 heterocycles. The number of H-pyrrole nitrogens is 1. The van der Waals surface area contributed by atoms with E-state index in [0.29, 0.717) is 0 Å². The third-order valence-electron chi connectivity index (χ3n) is 8.86. The van der Waals surface area contributed by atoms with E-state index in [9.17, 15) is 55.2 Å². The number of hydrogen-bond donors (Lipinski definition) is 5. The molecule has 0 aliphatic heterocycles. The number of fused-ring (bicyclic) bond motifs is 5. The molecule has 0 saturated heterocycles. The van der Waals surface area contributed by atoms with Gasteiger partial charge in [0.1, 0.15) is 29.5 Å². The largest absolute Gasteiger partial charge is 1.00 e. The van der Waals surface area contributed by atoms with Gasteiger partial charge in [-0.2, -0.15) is 0 Å². The molecule has 1 spiro atoms. The molecule has 0 amide bonds. The maximum atomic E-state index is 14.1. The zero-order chi connectivity index (χ0) is 32.9. The third kappa shape index (κ3) is 6.02. The van der Waals surface area contributed by atoms with Crippen LogP contribution >= 0.6 is 0 Å². The molecule has 0 fully saturated rings. The maximum absolute atomic E-state index is 14.1. The first-order chi connectivity index (χ1) is 21.2. The number of carbonyl (C=O) groups excluding carboxylic acids is 3. The number of aromatic amines is 1. The monoisotopic (exact) mass is 736 g/mol. The number of pyridine rings is 1. The molecule has 0 radical (unpaired) electrons. The molecule has 14 nitrogen and oxygen atoms in total. The molecule has 5 unspecified atom stereocenters. The summed E-state index contributed by atoms with van der Waals surface area (Å²) in [7, 11) is 1.14. The summed E-state index contributed by atoms with van der Waals surface area (Å²) in [5, 5.41) is 93.2. The van der Waals surface area contributed by atoms with Gasteiger partial charge in [-0.1, -0.05) is 29.1 Å². The molecular weight excluding hydrogens is 712 g/mol. The summed E-state index contributed by atoms with van der Waals surface area (Å²) in [6.07, 6.45) is -7.25. The van der Waals surface area contributed by atoms with Crippen LogP contribution in [0.25, 0.3) is 21.5 Å². The smallest absolute Gasteiger partial charge is 0.872 e. The van der Waals surface area contributed by atoms with Crippen molar-refractivity contribution in [2.24, 2.45) is 0 Å². The standard InChI is InChI=1S/C31H27NO13.3K/c1-9(33)21(34)27(40)22(35)12-7-11-6-10-4-5-31(20(10)26(39)15(11)30(43)32-12)28(41)18-19(29(31)42)25(38)17-16(24(18)37)13(44-2)8-14(45-3)23(17)36;;;/h6-9,21-22,27,33-35,40H,2,4-5H2,1,3H3,(H4-,32,36,37,38,39,41,42,43);;;/q;3*+1/p-2. The molecular formula is C31H25K3NO13+. The normalized spacial score (nSPS) is 18.7. The van der Waals surface area contributed by atoms with Crippen molar-refractivity contribution in [3.05, 3.63) is 51.7 Å². The fourth-order valence-electron chi connectivity index (χ4n) is 6.64. The van der Waals surface area contributed by atoms with E-state index in [4.69, 9.17) is 9.16 Å². The number of ketones is 2. The predicted octanol–water partition coefficient (Wildman–Crippen LogP) is -10.9. The van der Waals surface area contributed by atoms with E-state index in [1.54, 1.807) is 0 Å². The Morgan fingerprint density at radius 1 is 0.896 bits per heavy atom. The Bertz CT molecular complexity index is 2080. The van der Waals surface area contributed by atoms with E-state index in [1.165, 1.54) is 19.1 Å². The van der Waals surface area contributed by atoms with Crippen LogP contribution in [-0.2, 0) is 16.3 Å². The van der Waals surface area contributed by atoms with Gasteiger partial charge in [0.2, 0.25) is 0 Å². The van der Waals surface area contributed by atoms with Crippen LogP contribution in [-0.4, -0.2) is 74.0 Å². The second-order valence-corrected chi connectivity index (χ2v) is 11.2. The number of nitrogens with one attached hydrogen (secondary N) is 1. The van der Waals surface area contributed by atoms with E-state index >= 15 is 0 Å². The minimum absolute atomic E-state index is 0. The summed E-state index contributed by atoms with van der Waals surface area (Å²) in [4.78, 5) is 41.4. The van der Waals surface area contributed by atoms with Crippen LogP contribution in [0.4, 0.5) is 0 Å². The molecule has 2 aliphatic rings. The molecule has 1 aromatic heterocycles. The number of hydrogen-bond acceptors (Lipinski definition) is 11. The van der Waals surface area contributed by atoms with Crippen LogP contribution in [0.15, 0.2) is 18.2 Å². The number of rotatable bonds is 6.